The topological polar surface area (TPSA) is 105 Å². The van der Waals surface area contributed by atoms with Crippen LogP contribution in [0.25, 0.3) is 0 Å². The van der Waals surface area contributed by atoms with E-state index >= 15 is 0 Å². The number of rotatable bonds is 8. The predicted molar refractivity (Wildman–Crippen MR) is 110 cm³/mol. The van der Waals surface area contributed by atoms with Crippen molar-refractivity contribution in [2.24, 2.45) is 5.10 Å². The van der Waals surface area contributed by atoms with Crippen LogP contribution in [0.15, 0.2) is 46.4 Å². The van der Waals surface area contributed by atoms with Crippen molar-refractivity contribution in [3.63, 3.8) is 0 Å². The van der Waals surface area contributed by atoms with Crippen LogP contribution in [0.3, 0.4) is 0 Å². The number of aryl methyl sites for hydroxylation is 2. The number of anilines is 1. The van der Waals surface area contributed by atoms with E-state index in [2.05, 4.69) is 10.5 Å². The number of benzene rings is 2. The summed E-state index contributed by atoms with van der Waals surface area (Å²) in [6, 6.07) is 9.55. The first-order valence-corrected chi connectivity index (χ1v) is 10.3. The number of non-ortho nitro benzene ring substituents is 1. The zero-order valence-electron chi connectivity index (χ0n) is 16.3. The van der Waals surface area contributed by atoms with Crippen molar-refractivity contribution in [1.82, 2.24) is 4.31 Å². The van der Waals surface area contributed by atoms with Gasteiger partial charge in [0.1, 0.15) is 4.90 Å². The van der Waals surface area contributed by atoms with Gasteiger partial charge in [-0.25, -0.2) is 8.42 Å². The van der Waals surface area contributed by atoms with Gasteiger partial charge in [0.15, 0.2) is 0 Å². The molecule has 1 N–H and O–H groups in total. The summed E-state index contributed by atoms with van der Waals surface area (Å²) in [5.41, 5.74) is 5.65. The molecule has 0 aliphatic carbocycles. The van der Waals surface area contributed by atoms with E-state index in [9.17, 15) is 18.5 Å². The number of sulfonamides is 1. The molecule has 0 bridgehead atoms. The molecule has 0 saturated heterocycles. The fraction of sp³-hybridized carbons (Fsp3) is 0.316. The first-order chi connectivity index (χ1) is 13.2. The molecule has 0 atom stereocenters. The van der Waals surface area contributed by atoms with Gasteiger partial charge in [-0.2, -0.15) is 9.41 Å². The van der Waals surface area contributed by atoms with Crippen LogP contribution in [0.5, 0.6) is 0 Å². The summed E-state index contributed by atoms with van der Waals surface area (Å²) in [5.74, 6) is 0. The average molecular weight is 404 g/mol. The van der Waals surface area contributed by atoms with Crippen LogP contribution in [-0.4, -0.2) is 37.0 Å². The van der Waals surface area contributed by atoms with E-state index in [4.69, 9.17) is 0 Å². The molecule has 150 valence electrons. The maximum Gasteiger partial charge on any atom is 0.270 e. The zero-order chi connectivity index (χ0) is 20.9. The smallest absolute Gasteiger partial charge is 0.270 e. The number of nitrogens with one attached hydrogen (secondary N) is 1. The minimum atomic E-state index is -3.90. The summed E-state index contributed by atoms with van der Waals surface area (Å²) in [6.45, 7) is 7.89. The summed E-state index contributed by atoms with van der Waals surface area (Å²) in [5, 5.41) is 15.2. The molecule has 0 fully saturated rings. The summed E-state index contributed by atoms with van der Waals surface area (Å²) in [7, 11) is -3.90. The van der Waals surface area contributed by atoms with E-state index in [0.29, 0.717) is 0 Å². The summed E-state index contributed by atoms with van der Waals surface area (Å²) in [6.07, 6.45) is 1.59. The first kappa shape index (κ1) is 21.5. The maximum absolute atomic E-state index is 12.9. The Hall–Kier alpha value is -2.78. The molecule has 2 aromatic rings. The van der Waals surface area contributed by atoms with Gasteiger partial charge in [0, 0.05) is 25.2 Å². The Kier molecular flexibility index (Phi) is 6.87. The van der Waals surface area contributed by atoms with Crippen molar-refractivity contribution in [3.05, 3.63) is 63.2 Å². The summed E-state index contributed by atoms with van der Waals surface area (Å²) >= 11 is 0. The molecule has 0 amide bonds. The minimum Gasteiger partial charge on any atom is -0.277 e. The molecule has 8 nitrogen and oxygen atoms in total. The lowest BCUT2D eigenvalue weighted by Crippen LogP contribution is -2.31. The van der Waals surface area contributed by atoms with Gasteiger partial charge in [-0.1, -0.05) is 37.6 Å². The Bertz CT molecular complexity index is 999. The minimum absolute atomic E-state index is 0.178. The van der Waals surface area contributed by atoms with E-state index in [0.717, 1.165) is 22.8 Å². The molecule has 28 heavy (non-hydrogen) atoms. The highest BCUT2D eigenvalue weighted by Gasteiger charge is 2.27. The molecule has 2 aromatic carbocycles. The number of nitro benzene ring substituents is 1. The van der Waals surface area contributed by atoms with Gasteiger partial charge in [-0.05, 0) is 31.0 Å². The average Bonchev–Trinajstić information content (AvgIpc) is 2.64. The second-order valence-electron chi connectivity index (χ2n) is 6.26. The Morgan fingerprint density at radius 1 is 1.14 bits per heavy atom. The van der Waals surface area contributed by atoms with E-state index in [-0.39, 0.29) is 29.4 Å². The third-order valence-electron chi connectivity index (χ3n) is 4.31. The van der Waals surface area contributed by atoms with Gasteiger partial charge in [0.05, 0.1) is 16.8 Å². The highest BCUT2D eigenvalue weighted by molar-refractivity contribution is 7.89. The van der Waals surface area contributed by atoms with Crippen molar-refractivity contribution in [2.45, 2.75) is 32.6 Å². The second-order valence-corrected chi connectivity index (χ2v) is 8.16. The molecule has 0 radical (unpaired) electrons. The third-order valence-corrected chi connectivity index (χ3v) is 6.40. The van der Waals surface area contributed by atoms with Crippen LogP contribution in [0.1, 0.15) is 30.5 Å². The van der Waals surface area contributed by atoms with Gasteiger partial charge in [0.25, 0.3) is 5.69 Å². The van der Waals surface area contributed by atoms with Crippen LogP contribution >= 0.6 is 0 Å². The van der Waals surface area contributed by atoms with Crippen molar-refractivity contribution >= 4 is 27.6 Å². The van der Waals surface area contributed by atoms with Gasteiger partial charge in [-0.15, -0.1) is 0 Å². The van der Waals surface area contributed by atoms with E-state index < -0.39 is 14.9 Å². The standard InChI is InChI=1S/C19H24N4O4S/c1-5-22(6-2)28(26,27)19-12-17(23(24)25)9-10-18(19)21-20-13-16-8-7-14(3)11-15(16)4/h7-13,21H,5-6H2,1-4H3/b20-13+. The molecule has 0 unspecified atom stereocenters. The summed E-state index contributed by atoms with van der Waals surface area (Å²) in [4.78, 5) is 10.3. The molecule has 0 spiro atoms. The fourth-order valence-electron chi connectivity index (χ4n) is 2.77. The molecule has 0 aliphatic rings. The maximum atomic E-state index is 12.9. The molecule has 0 aliphatic heterocycles. The summed E-state index contributed by atoms with van der Waals surface area (Å²) < 4.78 is 27.1. The monoisotopic (exact) mass is 404 g/mol. The van der Waals surface area contributed by atoms with Crippen LogP contribution in [0.4, 0.5) is 11.4 Å². The molecule has 2 rings (SSSR count). The first-order valence-electron chi connectivity index (χ1n) is 8.85. The number of hydrogen-bond acceptors (Lipinski definition) is 6. The molecule has 0 saturated carbocycles. The number of hydrazone groups is 1. The van der Waals surface area contributed by atoms with Gasteiger partial charge in [0.2, 0.25) is 10.0 Å². The van der Waals surface area contributed by atoms with Gasteiger partial charge in [-0.3, -0.25) is 15.5 Å². The van der Waals surface area contributed by atoms with Crippen molar-refractivity contribution in [1.29, 1.82) is 0 Å². The van der Waals surface area contributed by atoms with Crippen LogP contribution in [0.2, 0.25) is 0 Å². The lowest BCUT2D eigenvalue weighted by Gasteiger charge is -2.20. The number of nitro groups is 1. The van der Waals surface area contributed by atoms with Crippen molar-refractivity contribution in [2.75, 3.05) is 18.5 Å². The van der Waals surface area contributed by atoms with Crippen LogP contribution < -0.4 is 5.43 Å². The second kappa shape index (κ2) is 8.94. The molecule has 9 heteroatoms. The van der Waals surface area contributed by atoms with Gasteiger partial charge < -0.3 is 0 Å². The number of nitrogens with zero attached hydrogens (tertiary/aromatic N) is 3. The highest BCUT2D eigenvalue weighted by Crippen LogP contribution is 2.29. The molecular weight excluding hydrogens is 380 g/mol. The number of hydrogen-bond donors (Lipinski definition) is 1. The largest absolute Gasteiger partial charge is 0.277 e. The lowest BCUT2D eigenvalue weighted by atomic mass is 10.1. The van der Waals surface area contributed by atoms with Crippen molar-refractivity contribution in [3.8, 4) is 0 Å². The van der Waals surface area contributed by atoms with Crippen molar-refractivity contribution < 1.29 is 13.3 Å². The molecule has 0 aromatic heterocycles. The van der Waals surface area contributed by atoms with E-state index in [1.54, 1.807) is 20.1 Å². The van der Waals surface area contributed by atoms with Gasteiger partial charge >= 0.3 is 0 Å². The lowest BCUT2D eigenvalue weighted by molar-refractivity contribution is -0.385. The Labute approximate surface area is 165 Å². The Morgan fingerprint density at radius 3 is 2.39 bits per heavy atom. The van der Waals surface area contributed by atoms with Crippen LogP contribution in [0, 0.1) is 24.0 Å². The normalized spacial score (nSPS) is 11.9. The SMILES string of the molecule is CCN(CC)S(=O)(=O)c1cc([N+](=O)[O-])ccc1N/N=C/c1ccc(C)cc1C. The third kappa shape index (κ3) is 4.73. The van der Waals surface area contributed by atoms with E-state index in [1.807, 2.05) is 32.0 Å². The highest BCUT2D eigenvalue weighted by atomic mass is 32.2. The zero-order valence-corrected chi connectivity index (χ0v) is 17.2. The fourth-order valence-corrected chi connectivity index (χ4v) is 4.39. The predicted octanol–water partition coefficient (Wildman–Crippen LogP) is 3.69. The Morgan fingerprint density at radius 2 is 1.82 bits per heavy atom. The van der Waals surface area contributed by atoms with Crippen LogP contribution in [-0.2, 0) is 10.0 Å². The quantitative estimate of drug-likeness (QED) is 0.410. The van der Waals surface area contributed by atoms with E-state index in [1.165, 1.54) is 16.4 Å². The Balaban J connectivity index is 2.43. The molecular formula is C19H24N4O4S. The molecule has 0 heterocycles.